The minimum absolute atomic E-state index is 0.0119. The maximum atomic E-state index is 12.9. The van der Waals surface area contributed by atoms with Crippen LogP contribution in [0.2, 0.25) is 0 Å². The number of esters is 1. The third-order valence-electron chi connectivity index (χ3n) is 4.17. The Kier molecular flexibility index (Phi) is 7.08. The van der Waals surface area contributed by atoms with Crippen LogP contribution in [0.4, 0.5) is 10.5 Å². The van der Waals surface area contributed by atoms with Crippen LogP contribution in [0.5, 0.6) is 0 Å². The third kappa shape index (κ3) is 5.41. The number of anilines is 1. The van der Waals surface area contributed by atoms with E-state index in [0.29, 0.717) is 5.69 Å². The number of benzene rings is 2. The van der Waals surface area contributed by atoms with E-state index in [9.17, 15) is 19.2 Å². The molecule has 0 radical (unpaired) electrons. The summed E-state index contributed by atoms with van der Waals surface area (Å²) in [7, 11) is 1.59. The van der Waals surface area contributed by atoms with Crippen molar-refractivity contribution in [3.05, 3.63) is 65.7 Å². The number of carbonyl (C=O) groups is 4. The SMILES string of the molecule is CC(C)[C@H](OC(=O)c1ccccc1C(=O)N(C)c1ccccc1)C(=O)NC(N)=O. The van der Waals surface area contributed by atoms with Gasteiger partial charge in [0.1, 0.15) is 0 Å². The molecule has 3 N–H and O–H groups in total. The summed E-state index contributed by atoms with van der Waals surface area (Å²) < 4.78 is 5.31. The number of ether oxygens (including phenoxy) is 1. The van der Waals surface area contributed by atoms with Gasteiger partial charge in [0.25, 0.3) is 11.8 Å². The molecule has 4 amide bonds. The number of nitrogens with two attached hydrogens (primary N) is 1. The molecule has 0 heterocycles. The van der Waals surface area contributed by atoms with Gasteiger partial charge in [0.2, 0.25) is 0 Å². The second kappa shape index (κ2) is 9.50. The lowest BCUT2D eigenvalue weighted by Crippen LogP contribution is -2.45. The van der Waals surface area contributed by atoms with Crippen molar-refractivity contribution in [3.8, 4) is 0 Å². The second-order valence-electron chi connectivity index (χ2n) is 6.67. The molecule has 8 nitrogen and oxygen atoms in total. The first-order chi connectivity index (χ1) is 13.7. The fraction of sp³-hybridized carbons (Fsp3) is 0.238. The number of imide groups is 1. The number of hydrogen-bond donors (Lipinski definition) is 2. The number of hydrogen-bond acceptors (Lipinski definition) is 5. The smallest absolute Gasteiger partial charge is 0.339 e. The monoisotopic (exact) mass is 397 g/mol. The molecular formula is C21H23N3O5. The molecule has 0 unspecified atom stereocenters. The van der Waals surface area contributed by atoms with Crippen LogP contribution in [0.15, 0.2) is 54.6 Å². The Morgan fingerprint density at radius 1 is 0.931 bits per heavy atom. The minimum Gasteiger partial charge on any atom is -0.448 e. The van der Waals surface area contributed by atoms with Crippen LogP contribution in [0, 0.1) is 5.92 Å². The molecule has 0 bridgehead atoms. The summed E-state index contributed by atoms with van der Waals surface area (Å²) in [5.74, 6) is -2.51. The van der Waals surface area contributed by atoms with E-state index in [1.54, 1.807) is 57.3 Å². The molecule has 152 valence electrons. The van der Waals surface area contributed by atoms with Gasteiger partial charge in [0.15, 0.2) is 6.10 Å². The van der Waals surface area contributed by atoms with Crippen molar-refractivity contribution in [3.63, 3.8) is 0 Å². The van der Waals surface area contributed by atoms with E-state index < -0.39 is 35.8 Å². The van der Waals surface area contributed by atoms with Crippen molar-refractivity contribution in [2.24, 2.45) is 11.7 Å². The molecule has 2 aromatic rings. The first kappa shape index (κ1) is 21.6. The molecule has 2 aromatic carbocycles. The summed E-state index contributed by atoms with van der Waals surface area (Å²) in [5.41, 5.74) is 5.76. The predicted molar refractivity (Wildman–Crippen MR) is 107 cm³/mol. The standard InChI is InChI=1S/C21H23N3O5/c1-13(2)17(18(25)23-21(22)28)29-20(27)16-12-8-7-11-15(16)19(26)24(3)14-9-5-4-6-10-14/h4-13,17H,1-3H3,(H3,22,23,25,28)/t17-/m0/s1. The Bertz CT molecular complexity index is 912. The van der Waals surface area contributed by atoms with Gasteiger partial charge in [-0.1, -0.05) is 44.2 Å². The molecule has 0 aliphatic carbocycles. The molecule has 0 aliphatic heterocycles. The Morgan fingerprint density at radius 2 is 1.48 bits per heavy atom. The zero-order chi connectivity index (χ0) is 21.6. The lowest BCUT2D eigenvalue weighted by Gasteiger charge is -2.22. The number of urea groups is 1. The highest BCUT2D eigenvalue weighted by molar-refractivity contribution is 6.12. The quantitative estimate of drug-likeness (QED) is 0.725. The number of rotatable bonds is 6. The third-order valence-corrected chi connectivity index (χ3v) is 4.17. The van der Waals surface area contributed by atoms with E-state index in [-0.39, 0.29) is 11.1 Å². The van der Waals surface area contributed by atoms with Gasteiger partial charge in [0.05, 0.1) is 11.1 Å². The fourth-order valence-electron chi connectivity index (χ4n) is 2.66. The molecule has 1 atom stereocenters. The molecule has 0 fully saturated rings. The van der Waals surface area contributed by atoms with E-state index in [1.165, 1.54) is 17.0 Å². The maximum absolute atomic E-state index is 12.9. The molecule has 29 heavy (non-hydrogen) atoms. The van der Waals surface area contributed by atoms with E-state index in [1.807, 2.05) is 11.4 Å². The summed E-state index contributed by atoms with van der Waals surface area (Å²) in [6.45, 7) is 3.30. The summed E-state index contributed by atoms with van der Waals surface area (Å²) >= 11 is 0. The molecular weight excluding hydrogens is 374 g/mol. The minimum atomic E-state index is -1.25. The van der Waals surface area contributed by atoms with Crippen LogP contribution < -0.4 is 16.0 Å². The van der Waals surface area contributed by atoms with Crippen molar-refractivity contribution in [1.29, 1.82) is 0 Å². The number of nitrogens with zero attached hydrogens (tertiary/aromatic N) is 1. The highest BCUT2D eigenvalue weighted by atomic mass is 16.5. The molecule has 0 saturated carbocycles. The number of para-hydroxylation sites is 1. The van der Waals surface area contributed by atoms with Crippen molar-refractivity contribution in [1.82, 2.24) is 5.32 Å². The zero-order valence-electron chi connectivity index (χ0n) is 16.4. The van der Waals surface area contributed by atoms with Gasteiger partial charge >= 0.3 is 12.0 Å². The maximum Gasteiger partial charge on any atom is 0.339 e. The molecule has 2 rings (SSSR count). The Morgan fingerprint density at radius 3 is 2.03 bits per heavy atom. The molecule has 0 aliphatic rings. The van der Waals surface area contributed by atoms with Crippen molar-refractivity contribution >= 4 is 29.5 Å². The summed E-state index contributed by atoms with van der Waals surface area (Å²) in [6, 6.07) is 14.1. The van der Waals surface area contributed by atoms with Crippen molar-refractivity contribution in [2.75, 3.05) is 11.9 Å². The van der Waals surface area contributed by atoms with Crippen LogP contribution in [-0.2, 0) is 9.53 Å². The first-order valence-corrected chi connectivity index (χ1v) is 8.95. The predicted octanol–water partition coefficient (Wildman–Crippen LogP) is 2.34. The Balaban J connectivity index is 2.29. The largest absolute Gasteiger partial charge is 0.448 e. The van der Waals surface area contributed by atoms with Crippen molar-refractivity contribution < 1.29 is 23.9 Å². The van der Waals surface area contributed by atoms with Crippen molar-refractivity contribution in [2.45, 2.75) is 20.0 Å². The van der Waals surface area contributed by atoms with Gasteiger partial charge < -0.3 is 15.4 Å². The van der Waals surface area contributed by atoms with E-state index in [0.717, 1.165) is 0 Å². The summed E-state index contributed by atoms with van der Waals surface area (Å²) in [6.07, 6.45) is -1.25. The van der Waals surface area contributed by atoms with Crippen LogP contribution in [0.25, 0.3) is 0 Å². The van der Waals surface area contributed by atoms with Gasteiger partial charge in [-0.15, -0.1) is 0 Å². The van der Waals surface area contributed by atoms with Gasteiger partial charge in [-0.3, -0.25) is 14.9 Å². The van der Waals surface area contributed by atoms with E-state index >= 15 is 0 Å². The van der Waals surface area contributed by atoms with Crippen LogP contribution in [-0.4, -0.2) is 37.0 Å². The molecule has 0 aromatic heterocycles. The Labute approximate surface area is 168 Å². The number of carbonyl (C=O) groups excluding carboxylic acids is 4. The average molecular weight is 397 g/mol. The Hall–Kier alpha value is -3.68. The van der Waals surface area contributed by atoms with Gasteiger partial charge in [-0.25, -0.2) is 9.59 Å². The van der Waals surface area contributed by atoms with Gasteiger partial charge in [-0.05, 0) is 30.2 Å². The van der Waals surface area contributed by atoms with Gasteiger partial charge in [-0.2, -0.15) is 0 Å². The topological polar surface area (TPSA) is 119 Å². The first-order valence-electron chi connectivity index (χ1n) is 8.95. The zero-order valence-corrected chi connectivity index (χ0v) is 16.4. The fourth-order valence-corrected chi connectivity index (χ4v) is 2.66. The summed E-state index contributed by atoms with van der Waals surface area (Å²) in [4.78, 5) is 50.2. The number of primary amides is 1. The lowest BCUT2D eigenvalue weighted by atomic mass is 10.0. The molecule has 0 spiro atoms. The molecule has 0 saturated heterocycles. The number of nitrogens with one attached hydrogen (secondary N) is 1. The van der Waals surface area contributed by atoms with Crippen LogP contribution in [0.1, 0.15) is 34.6 Å². The van der Waals surface area contributed by atoms with Crippen LogP contribution >= 0.6 is 0 Å². The summed E-state index contributed by atoms with van der Waals surface area (Å²) in [5, 5.41) is 1.91. The van der Waals surface area contributed by atoms with E-state index in [2.05, 4.69) is 0 Å². The lowest BCUT2D eigenvalue weighted by molar-refractivity contribution is -0.130. The van der Waals surface area contributed by atoms with Gasteiger partial charge in [0, 0.05) is 12.7 Å². The molecule has 8 heteroatoms. The second-order valence-corrected chi connectivity index (χ2v) is 6.67. The van der Waals surface area contributed by atoms with E-state index in [4.69, 9.17) is 10.5 Å². The van der Waals surface area contributed by atoms with Crippen LogP contribution in [0.3, 0.4) is 0 Å². The highest BCUT2D eigenvalue weighted by Crippen LogP contribution is 2.19. The number of amides is 4. The highest BCUT2D eigenvalue weighted by Gasteiger charge is 2.30. The normalized spacial score (nSPS) is 11.4. The average Bonchev–Trinajstić information content (AvgIpc) is 2.70.